The molecule has 1 unspecified atom stereocenters. The van der Waals surface area contributed by atoms with Crippen molar-refractivity contribution in [3.63, 3.8) is 0 Å². The standard InChI is InChI=1S/C16H18F2N2O2S/c1-4-9(2)14(21)20-16-19-13(10(3)23-16)11-5-7-12(8-6-11)22-15(17)18/h5-9,15H,4H2,1-3H3,(H,19,20,21). The Morgan fingerprint density at radius 1 is 1.35 bits per heavy atom. The summed E-state index contributed by atoms with van der Waals surface area (Å²) in [7, 11) is 0. The molecule has 4 nitrogen and oxygen atoms in total. The molecule has 1 N–H and O–H groups in total. The van der Waals surface area contributed by atoms with Crippen molar-refractivity contribution in [3.05, 3.63) is 29.1 Å². The van der Waals surface area contributed by atoms with Gasteiger partial charge in [0.1, 0.15) is 5.75 Å². The maximum Gasteiger partial charge on any atom is 0.387 e. The molecule has 1 amide bonds. The molecule has 1 heterocycles. The van der Waals surface area contributed by atoms with E-state index in [1.54, 1.807) is 12.1 Å². The van der Waals surface area contributed by atoms with E-state index in [-0.39, 0.29) is 17.6 Å². The second-order valence-electron chi connectivity index (χ2n) is 5.13. The number of nitrogens with one attached hydrogen (secondary N) is 1. The highest BCUT2D eigenvalue weighted by molar-refractivity contribution is 7.16. The minimum absolute atomic E-state index is 0.0616. The number of alkyl halides is 2. The van der Waals surface area contributed by atoms with E-state index in [9.17, 15) is 13.6 Å². The Hall–Kier alpha value is -2.02. The molecule has 0 fully saturated rings. The molecule has 0 saturated carbocycles. The van der Waals surface area contributed by atoms with Crippen LogP contribution in [0.2, 0.25) is 0 Å². The summed E-state index contributed by atoms with van der Waals surface area (Å²) < 4.78 is 28.6. The zero-order chi connectivity index (χ0) is 17.0. The average Bonchev–Trinajstić information content (AvgIpc) is 2.87. The van der Waals surface area contributed by atoms with Gasteiger partial charge in [-0.25, -0.2) is 4.98 Å². The number of carbonyl (C=O) groups is 1. The van der Waals surface area contributed by atoms with Gasteiger partial charge < -0.3 is 10.1 Å². The van der Waals surface area contributed by atoms with Gasteiger partial charge in [0.15, 0.2) is 5.13 Å². The van der Waals surface area contributed by atoms with Gasteiger partial charge in [0.2, 0.25) is 5.91 Å². The van der Waals surface area contributed by atoms with E-state index in [2.05, 4.69) is 15.0 Å². The fourth-order valence-electron chi connectivity index (χ4n) is 1.93. The summed E-state index contributed by atoms with van der Waals surface area (Å²) in [4.78, 5) is 17.3. The predicted molar refractivity (Wildman–Crippen MR) is 87.0 cm³/mol. The van der Waals surface area contributed by atoms with E-state index in [0.717, 1.165) is 22.6 Å². The fraction of sp³-hybridized carbons (Fsp3) is 0.375. The van der Waals surface area contributed by atoms with Gasteiger partial charge in [-0.05, 0) is 37.6 Å². The van der Waals surface area contributed by atoms with Gasteiger partial charge in [-0.3, -0.25) is 4.79 Å². The Morgan fingerprint density at radius 2 is 2.00 bits per heavy atom. The molecule has 2 rings (SSSR count). The molecular formula is C16H18F2N2O2S. The summed E-state index contributed by atoms with van der Waals surface area (Å²) in [6, 6.07) is 6.27. The van der Waals surface area contributed by atoms with Crippen LogP contribution in [0.15, 0.2) is 24.3 Å². The maximum atomic E-state index is 12.2. The first-order chi connectivity index (χ1) is 10.9. The van der Waals surface area contributed by atoms with Gasteiger partial charge in [-0.2, -0.15) is 8.78 Å². The largest absolute Gasteiger partial charge is 0.435 e. The third-order valence-electron chi connectivity index (χ3n) is 3.44. The predicted octanol–water partition coefficient (Wildman–Crippen LogP) is 4.70. The van der Waals surface area contributed by atoms with Crippen molar-refractivity contribution < 1.29 is 18.3 Å². The van der Waals surface area contributed by atoms with Gasteiger partial charge in [0.05, 0.1) is 5.69 Å². The quantitative estimate of drug-likeness (QED) is 0.829. The van der Waals surface area contributed by atoms with Crippen LogP contribution in [0.1, 0.15) is 25.1 Å². The minimum atomic E-state index is -2.84. The van der Waals surface area contributed by atoms with Gasteiger partial charge in [0, 0.05) is 16.4 Å². The van der Waals surface area contributed by atoms with Crippen molar-refractivity contribution in [1.29, 1.82) is 0 Å². The lowest BCUT2D eigenvalue weighted by Gasteiger charge is -2.07. The lowest BCUT2D eigenvalue weighted by atomic mass is 10.1. The van der Waals surface area contributed by atoms with Crippen molar-refractivity contribution in [2.75, 3.05) is 5.32 Å². The summed E-state index contributed by atoms with van der Waals surface area (Å²) in [5, 5.41) is 3.34. The summed E-state index contributed by atoms with van der Waals surface area (Å²) in [5.74, 6) is -0.0381. The molecule has 23 heavy (non-hydrogen) atoms. The molecule has 7 heteroatoms. The van der Waals surface area contributed by atoms with Crippen molar-refractivity contribution in [3.8, 4) is 17.0 Å². The SMILES string of the molecule is CCC(C)C(=O)Nc1nc(-c2ccc(OC(F)F)cc2)c(C)s1. The van der Waals surface area contributed by atoms with Crippen LogP contribution in [-0.2, 0) is 4.79 Å². The van der Waals surface area contributed by atoms with Gasteiger partial charge in [0.25, 0.3) is 0 Å². The van der Waals surface area contributed by atoms with E-state index in [1.807, 2.05) is 20.8 Å². The van der Waals surface area contributed by atoms with E-state index < -0.39 is 6.61 Å². The summed E-state index contributed by atoms with van der Waals surface area (Å²) in [6.45, 7) is 2.86. The normalized spacial score (nSPS) is 12.3. The van der Waals surface area contributed by atoms with Crippen molar-refractivity contribution in [2.45, 2.75) is 33.8 Å². The second-order valence-corrected chi connectivity index (χ2v) is 6.33. The lowest BCUT2D eigenvalue weighted by molar-refractivity contribution is -0.119. The molecule has 2 aromatic rings. The first kappa shape index (κ1) is 17.3. The topological polar surface area (TPSA) is 51.2 Å². The lowest BCUT2D eigenvalue weighted by Crippen LogP contribution is -2.19. The molecule has 1 atom stereocenters. The van der Waals surface area contributed by atoms with Crippen LogP contribution in [0.3, 0.4) is 0 Å². The van der Waals surface area contributed by atoms with Crippen LogP contribution >= 0.6 is 11.3 Å². The number of hydrogen-bond acceptors (Lipinski definition) is 4. The Kier molecular flexibility index (Phi) is 5.65. The Labute approximate surface area is 137 Å². The molecule has 0 aliphatic carbocycles. The average molecular weight is 340 g/mol. The summed E-state index contributed by atoms with van der Waals surface area (Å²) in [5.41, 5.74) is 1.50. The van der Waals surface area contributed by atoms with E-state index >= 15 is 0 Å². The smallest absolute Gasteiger partial charge is 0.387 e. The van der Waals surface area contributed by atoms with E-state index in [4.69, 9.17) is 0 Å². The van der Waals surface area contributed by atoms with Crippen LogP contribution in [-0.4, -0.2) is 17.5 Å². The molecule has 1 aromatic heterocycles. The highest BCUT2D eigenvalue weighted by Gasteiger charge is 2.15. The number of rotatable bonds is 6. The van der Waals surface area contributed by atoms with E-state index in [1.165, 1.54) is 23.5 Å². The highest BCUT2D eigenvalue weighted by atomic mass is 32.1. The molecule has 124 valence electrons. The number of aromatic nitrogens is 1. The van der Waals surface area contributed by atoms with Gasteiger partial charge in [-0.15, -0.1) is 11.3 Å². The monoisotopic (exact) mass is 340 g/mol. The summed E-state index contributed by atoms with van der Waals surface area (Å²) >= 11 is 1.39. The van der Waals surface area contributed by atoms with Crippen LogP contribution in [0.5, 0.6) is 5.75 Å². The highest BCUT2D eigenvalue weighted by Crippen LogP contribution is 2.31. The molecule has 0 aliphatic rings. The number of carbonyl (C=O) groups excluding carboxylic acids is 1. The third kappa shape index (κ3) is 4.48. The number of halogens is 2. The Balaban J connectivity index is 2.16. The van der Waals surface area contributed by atoms with Crippen molar-refractivity contribution in [1.82, 2.24) is 4.98 Å². The second kappa shape index (κ2) is 7.50. The van der Waals surface area contributed by atoms with Crippen LogP contribution in [0.25, 0.3) is 11.3 Å². The van der Waals surface area contributed by atoms with Gasteiger partial charge in [-0.1, -0.05) is 13.8 Å². The number of hydrogen-bond donors (Lipinski definition) is 1. The maximum absolute atomic E-state index is 12.2. The number of aryl methyl sites for hydroxylation is 1. The van der Waals surface area contributed by atoms with Crippen LogP contribution < -0.4 is 10.1 Å². The fourth-order valence-corrected chi connectivity index (χ4v) is 2.76. The first-order valence-electron chi connectivity index (χ1n) is 7.24. The third-order valence-corrected chi connectivity index (χ3v) is 4.33. The number of nitrogens with zero attached hydrogens (tertiary/aromatic N) is 1. The number of ether oxygens (including phenoxy) is 1. The number of anilines is 1. The molecule has 0 bridgehead atoms. The molecule has 0 aliphatic heterocycles. The molecule has 0 spiro atoms. The zero-order valence-corrected chi connectivity index (χ0v) is 13.9. The Morgan fingerprint density at radius 3 is 2.57 bits per heavy atom. The zero-order valence-electron chi connectivity index (χ0n) is 13.1. The van der Waals surface area contributed by atoms with E-state index in [0.29, 0.717) is 5.13 Å². The molecule has 0 radical (unpaired) electrons. The van der Waals surface area contributed by atoms with Crippen molar-refractivity contribution >= 4 is 22.4 Å². The molecular weight excluding hydrogens is 322 g/mol. The summed E-state index contributed by atoms with van der Waals surface area (Å²) in [6.07, 6.45) is 0.759. The molecule has 1 aromatic carbocycles. The van der Waals surface area contributed by atoms with Crippen molar-refractivity contribution in [2.24, 2.45) is 5.92 Å². The minimum Gasteiger partial charge on any atom is -0.435 e. The Bertz CT molecular complexity index is 671. The van der Waals surface area contributed by atoms with Crippen LogP contribution in [0, 0.1) is 12.8 Å². The first-order valence-corrected chi connectivity index (χ1v) is 8.06. The van der Waals surface area contributed by atoms with Crippen LogP contribution in [0.4, 0.5) is 13.9 Å². The molecule has 0 saturated heterocycles. The number of benzene rings is 1. The number of thiazole rings is 1. The van der Waals surface area contributed by atoms with Gasteiger partial charge >= 0.3 is 6.61 Å². The number of amides is 1.